The molecule has 100 valence electrons. The molecule has 0 radical (unpaired) electrons. The van der Waals surface area contributed by atoms with E-state index < -0.39 is 10.0 Å². The lowest BCUT2D eigenvalue weighted by Crippen LogP contribution is -2.14. The second kappa shape index (κ2) is 5.25. The molecule has 2 aromatic rings. The highest BCUT2D eigenvalue weighted by molar-refractivity contribution is 7.92. The standard InChI is InChI=1S/C12H14N4O2S/c1-9-12(3-2-8-14-9)16-19(17,18)11-6-4-10(15-13)5-7-11/h2-8,15-16H,13H2,1H3. The summed E-state index contributed by atoms with van der Waals surface area (Å²) in [5.41, 5.74) is 4.15. The van der Waals surface area contributed by atoms with Gasteiger partial charge in [-0.1, -0.05) is 0 Å². The van der Waals surface area contributed by atoms with E-state index in [1.54, 1.807) is 37.4 Å². The van der Waals surface area contributed by atoms with Crippen LogP contribution in [0, 0.1) is 6.92 Å². The topological polar surface area (TPSA) is 97.1 Å². The fourth-order valence-electron chi connectivity index (χ4n) is 1.53. The summed E-state index contributed by atoms with van der Waals surface area (Å²) < 4.78 is 26.8. The number of hydrazine groups is 1. The minimum atomic E-state index is -3.62. The zero-order valence-corrected chi connectivity index (χ0v) is 11.1. The summed E-state index contributed by atoms with van der Waals surface area (Å²) in [5.74, 6) is 5.23. The molecule has 0 amide bonds. The fraction of sp³-hybridized carbons (Fsp3) is 0.0833. The Morgan fingerprint density at radius 2 is 1.84 bits per heavy atom. The number of pyridine rings is 1. The number of nitrogens with one attached hydrogen (secondary N) is 2. The quantitative estimate of drug-likeness (QED) is 0.581. The Morgan fingerprint density at radius 1 is 1.16 bits per heavy atom. The highest BCUT2D eigenvalue weighted by atomic mass is 32.2. The van der Waals surface area contributed by atoms with E-state index in [9.17, 15) is 8.42 Å². The van der Waals surface area contributed by atoms with Gasteiger partial charge in [0, 0.05) is 11.9 Å². The van der Waals surface area contributed by atoms with Gasteiger partial charge in [0.05, 0.1) is 16.3 Å². The molecule has 0 atom stereocenters. The number of sulfonamides is 1. The van der Waals surface area contributed by atoms with Crippen LogP contribution < -0.4 is 16.0 Å². The third-order valence-electron chi connectivity index (χ3n) is 2.58. The van der Waals surface area contributed by atoms with Gasteiger partial charge in [0.2, 0.25) is 0 Å². The van der Waals surface area contributed by atoms with E-state index in [0.717, 1.165) is 0 Å². The molecule has 19 heavy (non-hydrogen) atoms. The van der Waals surface area contributed by atoms with E-state index in [0.29, 0.717) is 17.1 Å². The maximum atomic E-state index is 12.2. The average molecular weight is 278 g/mol. The summed E-state index contributed by atoms with van der Waals surface area (Å²) >= 11 is 0. The Hall–Kier alpha value is -2.12. The van der Waals surface area contributed by atoms with Crippen molar-refractivity contribution in [2.75, 3.05) is 10.1 Å². The predicted molar refractivity (Wildman–Crippen MR) is 74.0 cm³/mol. The Kier molecular flexibility index (Phi) is 3.68. The van der Waals surface area contributed by atoms with Crippen LogP contribution in [0.5, 0.6) is 0 Å². The van der Waals surface area contributed by atoms with Gasteiger partial charge < -0.3 is 5.43 Å². The highest BCUT2D eigenvalue weighted by Crippen LogP contribution is 2.19. The summed E-state index contributed by atoms with van der Waals surface area (Å²) in [6, 6.07) is 9.46. The van der Waals surface area contributed by atoms with Gasteiger partial charge in [-0.15, -0.1) is 0 Å². The number of nitrogens with two attached hydrogens (primary N) is 1. The average Bonchev–Trinajstić information content (AvgIpc) is 2.41. The van der Waals surface area contributed by atoms with Crippen molar-refractivity contribution in [2.45, 2.75) is 11.8 Å². The first-order valence-corrected chi connectivity index (χ1v) is 7.02. The number of nitrogens with zero attached hydrogens (tertiary/aromatic N) is 1. The third-order valence-corrected chi connectivity index (χ3v) is 3.96. The molecule has 0 aliphatic rings. The largest absolute Gasteiger partial charge is 0.324 e. The Balaban J connectivity index is 2.30. The molecule has 0 unspecified atom stereocenters. The molecule has 0 saturated heterocycles. The summed E-state index contributed by atoms with van der Waals surface area (Å²) in [5, 5.41) is 0. The molecule has 7 heteroatoms. The summed E-state index contributed by atoms with van der Waals surface area (Å²) in [7, 11) is -3.62. The van der Waals surface area contributed by atoms with E-state index in [2.05, 4.69) is 15.1 Å². The van der Waals surface area contributed by atoms with Crippen molar-refractivity contribution in [1.82, 2.24) is 4.98 Å². The van der Waals surface area contributed by atoms with Crippen molar-refractivity contribution in [3.05, 3.63) is 48.3 Å². The van der Waals surface area contributed by atoms with Gasteiger partial charge in [0.15, 0.2) is 0 Å². The zero-order valence-electron chi connectivity index (χ0n) is 10.3. The SMILES string of the molecule is Cc1ncccc1NS(=O)(=O)c1ccc(NN)cc1. The van der Waals surface area contributed by atoms with E-state index >= 15 is 0 Å². The van der Waals surface area contributed by atoms with Crippen LogP contribution in [0.25, 0.3) is 0 Å². The van der Waals surface area contributed by atoms with Crippen LogP contribution in [0.15, 0.2) is 47.5 Å². The highest BCUT2D eigenvalue weighted by Gasteiger charge is 2.15. The van der Waals surface area contributed by atoms with E-state index in [1.807, 2.05) is 0 Å². The van der Waals surface area contributed by atoms with Crippen molar-refractivity contribution in [1.29, 1.82) is 0 Å². The molecule has 0 aliphatic carbocycles. The molecule has 0 fully saturated rings. The number of aryl methyl sites for hydroxylation is 1. The van der Waals surface area contributed by atoms with Crippen LogP contribution in [-0.2, 0) is 10.0 Å². The van der Waals surface area contributed by atoms with Crippen LogP contribution in [0.3, 0.4) is 0 Å². The Labute approximate surface area is 111 Å². The first kappa shape index (κ1) is 13.3. The maximum absolute atomic E-state index is 12.2. The monoisotopic (exact) mass is 278 g/mol. The van der Waals surface area contributed by atoms with E-state index in [4.69, 9.17) is 5.84 Å². The summed E-state index contributed by atoms with van der Waals surface area (Å²) in [4.78, 5) is 4.19. The fourth-order valence-corrected chi connectivity index (χ4v) is 2.64. The molecule has 4 N–H and O–H groups in total. The Morgan fingerprint density at radius 3 is 2.42 bits per heavy atom. The minimum absolute atomic E-state index is 0.162. The summed E-state index contributed by atoms with van der Waals surface area (Å²) in [6.45, 7) is 1.74. The smallest absolute Gasteiger partial charge is 0.261 e. The van der Waals surface area contributed by atoms with Crippen molar-refractivity contribution < 1.29 is 8.42 Å². The van der Waals surface area contributed by atoms with Crippen molar-refractivity contribution in [3.8, 4) is 0 Å². The van der Waals surface area contributed by atoms with Gasteiger partial charge in [-0.25, -0.2) is 8.42 Å². The van der Waals surface area contributed by atoms with E-state index in [-0.39, 0.29) is 4.90 Å². The van der Waals surface area contributed by atoms with Crippen LogP contribution in [0.1, 0.15) is 5.69 Å². The lowest BCUT2D eigenvalue weighted by molar-refractivity contribution is 0.601. The van der Waals surface area contributed by atoms with Crippen molar-refractivity contribution in [3.63, 3.8) is 0 Å². The number of anilines is 2. The second-order valence-corrected chi connectivity index (χ2v) is 5.59. The van der Waals surface area contributed by atoms with Crippen LogP contribution in [-0.4, -0.2) is 13.4 Å². The zero-order chi connectivity index (χ0) is 13.9. The van der Waals surface area contributed by atoms with Crippen molar-refractivity contribution >= 4 is 21.4 Å². The molecule has 0 spiro atoms. The molecule has 1 heterocycles. The van der Waals surface area contributed by atoms with Gasteiger partial charge in [-0.05, 0) is 43.3 Å². The normalized spacial score (nSPS) is 11.1. The summed E-state index contributed by atoms with van der Waals surface area (Å²) in [6.07, 6.45) is 1.61. The molecule has 2 rings (SSSR count). The van der Waals surface area contributed by atoms with Gasteiger partial charge in [-0.3, -0.25) is 15.5 Å². The predicted octanol–water partition coefficient (Wildman–Crippen LogP) is 1.48. The Bertz CT molecular complexity index is 668. The number of nitrogen functional groups attached to an aromatic ring is 1. The third kappa shape index (κ3) is 3.01. The van der Waals surface area contributed by atoms with Crippen LogP contribution in [0.4, 0.5) is 11.4 Å². The lowest BCUT2D eigenvalue weighted by atomic mass is 10.3. The molecular formula is C12H14N4O2S. The minimum Gasteiger partial charge on any atom is -0.324 e. The first-order chi connectivity index (χ1) is 9.03. The number of aromatic nitrogens is 1. The molecular weight excluding hydrogens is 264 g/mol. The van der Waals surface area contributed by atoms with Crippen LogP contribution in [0.2, 0.25) is 0 Å². The first-order valence-electron chi connectivity index (χ1n) is 5.54. The number of rotatable bonds is 4. The van der Waals surface area contributed by atoms with Crippen molar-refractivity contribution in [2.24, 2.45) is 5.84 Å². The number of hydrogen-bond acceptors (Lipinski definition) is 5. The maximum Gasteiger partial charge on any atom is 0.261 e. The molecule has 0 aliphatic heterocycles. The molecule has 6 nitrogen and oxygen atoms in total. The van der Waals surface area contributed by atoms with E-state index in [1.165, 1.54) is 12.1 Å². The molecule has 1 aromatic heterocycles. The van der Waals surface area contributed by atoms with Gasteiger partial charge >= 0.3 is 0 Å². The lowest BCUT2D eigenvalue weighted by Gasteiger charge is -2.10. The second-order valence-electron chi connectivity index (χ2n) is 3.91. The van der Waals surface area contributed by atoms with Gasteiger partial charge in [-0.2, -0.15) is 0 Å². The number of benzene rings is 1. The molecule has 0 saturated carbocycles. The molecule has 0 bridgehead atoms. The number of hydrogen-bond donors (Lipinski definition) is 3. The van der Waals surface area contributed by atoms with Gasteiger partial charge in [0.25, 0.3) is 10.0 Å². The molecule has 1 aromatic carbocycles. The van der Waals surface area contributed by atoms with Gasteiger partial charge in [0.1, 0.15) is 0 Å². The van der Waals surface area contributed by atoms with Crippen LogP contribution >= 0.6 is 0 Å².